The Hall–Kier alpha value is -3.67. The summed E-state index contributed by atoms with van der Waals surface area (Å²) in [6.45, 7) is 6.54. The molecule has 1 atom stereocenters. The topological polar surface area (TPSA) is 78.9 Å². The van der Waals surface area contributed by atoms with Gasteiger partial charge in [0.2, 0.25) is 0 Å². The van der Waals surface area contributed by atoms with E-state index in [4.69, 9.17) is 14.2 Å². The number of unbranched alkanes of at least 4 members (excludes halogenated alkanes) is 34. The van der Waals surface area contributed by atoms with Crippen LogP contribution < -0.4 is 0 Å². The number of hydrogen-bond acceptors (Lipinski definition) is 6. The van der Waals surface area contributed by atoms with Crippen LogP contribution in [0.15, 0.2) is 97.2 Å². The average molecular weight is 1100 g/mol. The van der Waals surface area contributed by atoms with Gasteiger partial charge in [-0.2, -0.15) is 0 Å². The molecule has 0 amide bonds. The number of allylic oxidation sites excluding steroid dienone is 16. The summed E-state index contributed by atoms with van der Waals surface area (Å²) in [4.78, 5) is 38.4. The van der Waals surface area contributed by atoms with Gasteiger partial charge >= 0.3 is 17.9 Å². The quantitative estimate of drug-likeness (QED) is 0.0261. The third kappa shape index (κ3) is 65.0. The van der Waals surface area contributed by atoms with Gasteiger partial charge in [0.25, 0.3) is 0 Å². The molecule has 0 aliphatic rings. The monoisotopic (exact) mass is 1100 g/mol. The Balaban J connectivity index is 4.41. The van der Waals surface area contributed by atoms with Crippen LogP contribution in [0.3, 0.4) is 0 Å². The first kappa shape index (κ1) is 75.3. The first-order valence-corrected chi connectivity index (χ1v) is 33.7. The normalized spacial score (nSPS) is 12.7. The van der Waals surface area contributed by atoms with Crippen LogP contribution in [0.2, 0.25) is 0 Å². The summed E-state index contributed by atoms with van der Waals surface area (Å²) in [6.07, 6.45) is 89.9. The van der Waals surface area contributed by atoms with Gasteiger partial charge in [-0.1, -0.05) is 323 Å². The van der Waals surface area contributed by atoms with Gasteiger partial charge in [0.05, 0.1) is 0 Å². The third-order valence-corrected chi connectivity index (χ3v) is 14.6. The number of hydrogen-bond donors (Lipinski definition) is 0. The molecule has 0 spiro atoms. The molecule has 0 N–H and O–H groups in total. The minimum Gasteiger partial charge on any atom is -0.462 e. The molecule has 0 aromatic carbocycles. The number of esters is 3. The molecule has 6 nitrogen and oxygen atoms in total. The standard InChI is InChI=1S/C73H126O6/c1-4-7-10-13-16-19-22-25-28-30-32-33-34-35-36-37-38-39-41-42-45-48-51-54-57-60-63-66-72(75)78-69-70(68-77-71(74)65-62-59-56-53-50-47-44-27-24-21-18-15-12-9-6-3)79-73(76)67-64-61-58-55-52-49-46-43-40-31-29-26-23-20-17-14-11-8-5-2/h7,10,16,19,25,28,32-33,35-36,38-39,42,45,51,54,70H,4-6,8-9,11-15,17-18,20-24,26-27,29-31,34,37,40-41,43-44,46-50,52-53,55-69H2,1-3H3/b10-7-,19-16-,28-25-,33-32-,36-35-,39-38-,45-42-,54-51-. The maximum absolute atomic E-state index is 12.9. The summed E-state index contributed by atoms with van der Waals surface area (Å²) in [5.74, 6) is -0.915. The van der Waals surface area contributed by atoms with Crippen molar-refractivity contribution in [1.82, 2.24) is 0 Å². The van der Waals surface area contributed by atoms with E-state index in [9.17, 15) is 14.4 Å². The fraction of sp³-hybridized carbons (Fsp3) is 0.740. The molecule has 0 aromatic rings. The van der Waals surface area contributed by atoms with Crippen molar-refractivity contribution in [3.05, 3.63) is 97.2 Å². The van der Waals surface area contributed by atoms with E-state index >= 15 is 0 Å². The molecular formula is C73H126O6. The molecule has 0 aromatic heterocycles. The molecule has 0 aliphatic carbocycles. The summed E-state index contributed by atoms with van der Waals surface area (Å²) in [6, 6.07) is 0. The lowest BCUT2D eigenvalue weighted by molar-refractivity contribution is -0.167. The minimum atomic E-state index is -0.794. The predicted octanol–water partition coefficient (Wildman–Crippen LogP) is 23.2. The second-order valence-electron chi connectivity index (χ2n) is 22.4. The van der Waals surface area contributed by atoms with Gasteiger partial charge in [-0.15, -0.1) is 0 Å². The molecule has 6 heteroatoms. The molecule has 0 saturated carbocycles. The SMILES string of the molecule is CC/C=C\C/C=C\C/C=C\C/C=C\C/C=C\C/C=C\C/C=C\C/C=C\CCCCC(=O)OCC(COC(=O)CCCCCCCCCCCCCCCCC)OC(=O)CCCCCCCCCCCCCCCCCCCCC. The Morgan fingerprint density at radius 3 is 0.772 bits per heavy atom. The molecule has 79 heavy (non-hydrogen) atoms. The van der Waals surface area contributed by atoms with Crippen LogP contribution in [0.25, 0.3) is 0 Å². The minimum absolute atomic E-state index is 0.0869. The summed E-state index contributed by atoms with van der Waals surface area (Å²) < 4.78 is 16.9. The lowest BCUT2D eigenvalue weighted by Crippen LogP contribution is -2.30. The molecular weight excluding hydrogens is 973 g/mol. The van der Waals surface area contributed by atoms with Crippen molar-refractivity contribution in [3.63, 3.8) is 0 Å². The maximum Gasteiger partial charge on any atom is 0.306 e. The second kappa shape index (κ2) is 66.8. The van der Waals surface area contributed by atoms with Crippen LogP contribution in [-0.4, -0.2) is 37.2 Å². The number of rotatable bonds is 61. The molecule has 0 fully saturated rings. The molecule has 0 radical (unpaired) electrons. The molecule has 0 bridgehead atoms. The molecule has 0 saturated heterocycles. The first-order valence-electron chi connectivity index (χ1n) is 33.7. The van der Waals surface area contributed by atoms with Crippen molar-refractivity contribution in [3.8, 4) is 0 Å². The van der Waals surface area contributed by atoms with E-state index in [1.54, 1.807) is 0 Å². The van der Waals surface area contributed by atoms with Crippen LogP contribution >= 0.6 is 0 Å². The van der Waals surface area contributed by atoms with Crippen LogP contribution in [0, 0.1) is 0 Å². The van der Waals surface area contributed by atoms with Crippen LogP contribution in [0.4, 0.5) is 0 Å². The number of ether oxygens (including phenoxy) is 3. The zero-order chi connectivity index (χ0) is 57.1. The van der Waals surface area contributed by atoms with Crippen molar-refractivity contribution in [2.45, 2.75) is 335 Å². The van der Waals surface area contributed by atoms with Crippen molar-refractivity contribution in [2.75, 3.05) is 13.2 Å². The van der Waals surface area contributed by atoms with E-state index in [2.05, 4.69) is 118 Å². The Morgan fingerprint density at radius 1 is 0.266 bits per heavy atom. The summed E-state index contributed by atoms with van der Waals surface area (Å²) in [5.41, 5.74) is 0. The molecule has 0 aliphatic heterocycles. The fourth-order valence-corrected chi connectivity index (χ4v) is 9.58. The lowest BCUT2D eigenvalue weighted by Gasteiger charge is -2.18. The van der Waals surface area contributed by atoms with Gasteiger partial charge in [-0.3, -0.25) is 14.4 Å². The van der Waals surface area contributed by atoms with E-state index in [-0.39, 0.29) is 31.1 Å². The van der Waals surface area contributed by atoms with Crippen LogP contribution in [0.5, 0.6) is 0 Å². The Morgan fingerprint density at radius 2 is 0.494 bits per heavy atom. The van der Waals surface area contributed by atoms with Crippen molar-refractivity contribution in [2.24, 2.45) is 0 Å². The highest BCUT2D eigenvalue weighted by Crippen LogP contribution is 2.17. The van der Waals surface area contributed by atoms with Gasteiger partial charge in [0.1, 0.15) is 13.2 Å². The summed E-state index contributed by atoms with van der Waals surface area (Å²) in [7, 11) is 0. The van der Waals surface area contributed by atoms with Gasteiger partial charge in [-0.25, -0.2) is 0 Å². The van der Waals surface area contributed by atoms with E-state index in [0.717, 1.165) is 109 Å². The second-order valence-corrected chi connectivity index (χ2v) is 22.4. The van der Waals surface area contributed by atoms with Gasteiger partial charge < -0.3 is 14.2 Å². The number of carbonyl (C=O) groups is 3. The smallest absolute Gasteiger partial charge is 0.306 e. The van der Waals surface area contributed by atoms with Crippen molar-refractivity contribution in [1.29, 1.82) is 0 Å². The van der Waals surface area contributed by atoms with Crippen molar-refractivity contribution >= 4 is 17.9 Å². The van der Waals surface area contributed by atoms with E-state index in [1.807, 2.05) is 0 Å². The predicted molar refractivity (Wildman–Crippen MR) is 344 cm³/mol. The van der Waals surface area contributed by atoms with Crippen LogP contribution in [0.1, 0.15) is 329 Å². The van der Waals surface area contributed by atoms with E-state index in [1.165, 1.54) is 180 Å². The molecule has 454 valence electrons. The summed E-state index contributed by atoms with van der Waals surface area (Å²) in [5, 5.41) is 0. The third-order valence-electron chi connectivity index (χ3n) is 14.6. The van der Waals surface area contributed by atoms with Crippen LogP contribution in [-0.2, 0) is 28.6 Å². The van der Waals surface area contributed by atoms with E-state index < -0.39 is 6.10 Å². The molecule has 1 unspecified atom stereocenters. The Kier molecular flexibility index (Phi) is 63.7. The van der Waals surface area contributed by atoms with Gasteiger partial charge in [0.15, 0.2) is 6.10 Å². The zero-order valence-corrected chi connectivity index (χ0v) is 52.1. The summed E-state index contributed by atoms with van der Waals surface area (Å²) >= 11 is 0. The largest absolute Gasteiger partial charge is 0.462 e. The molecule has 0 heterocycles. The lowest BCUT2D eigenvalue weighted by atomic mass is 10.0. The van der Waals surface area contributed by atoms with Gasteiger partial charge in [0, 0.05) is 19.3 Å². The van der Waals surface area contributed by atoms with Crippen molar-refractivity contribution < 1.29 is 28.6 Å². The number of carbonyl (C=O) groups excluding carboxylic acids is 3. The zero-order valence-electron chi connectivity index (χ0n) is 52.1. The van der Waals surface area contributed by atoms with E-state index in [0.29, 0.717) is 19.3 Å². The van der Waals surface area contributed by atoms with Gasteiger partial charge in [-0.05, 0) is 83.5 Å². The first-order chi connectivity index (χ1) is 39.0. The highest BCUT2D eigenvalue weighted by molar-refractivity contribution is 5.71. The fourth-order valence-electron chi connectivity index (χ4n) is 9.58. The molecule has 0 rings (SSSR count). The Bertz CT molecular complexity index is 1540. The Labute approximate surface area is 489 Å². The maximum atomic E-state index is 12.9. The highest BCUT2D eigenvalue weighted by Gasteiger charge is 2.19. The average Bonchev–Trinajstić information content (AvgIpc) is 3.45. The highest BCUT2D eigenvalue weighted by atomic mass is 16.6.